The van der Waals surface area contributed by atoms with Gasteiger partial charge in [0.25, 0.3) is 5.91 Å². The SMILES string of the molecule is COC(=O)c1ccc(Nc2c(C(=O)N3CCSCC3)cnc3ccc(F)cc23)cc1. The molecule has 1 aromatic heterocycles. The maximum atomic E-state index is 14.0. The van der Waals surface area contributed by atoms with Crippen LogP contribution in [0.15, 0.2) is 48.7 Å². The van der Waals surface area contributed by atoms with E-state index in [4.69, 9.17) is 4.74 Å². The highest BCUT2D eigenvalue weighted by molar-refractivity contribution is 7.99. The standard InChI is InChI=1S/C22H20FN3O3S/c1-29-22(28)14-2-5-16(6-3-14)25-20-17-12-15(23)4-7-19(17)24-13-18(20)21(27)26-8-10-30-11-9-26/h2-7,12-13H,8-11H2,1H3,(H,24,25). The molecule has 0 radical (unpaired) electrons. The van der Waals surface area contributed by atoms with Crippen LogP contribution < -0.4 is 5.32 Å². The van der Waals surface area contributed by atoms with Gasteiger partial charge in [0.1, 0.15) is 5.82 Å². The lowest BCUT2D eigenvalue weighted by atomic mass is 10.1. The van der Waals surface area contributed by atoms with Gasteiger partial charge in [-0.1, -0.05) is 0 Å². The molecule has 154 valence electrons. The van der Waals surface area contributed by atoms with Crippen LogP contribution in [-0.2, 0) is 4.74 Å². The topological polar surface area (TPSA) is 71.5 Å². The van der Waals surface area contributed by atoms with Gasteiger partial charge in [-0.05, 0) is 42.5 Å². The molecule has 6 nitrogen and oxygen atoms in total. The Bertz CT molecular complexity index is 1100. The number of hydrogen-bond acceptors (Lipinski definition) is 6. The minimum Gasteiger partial charge on any atom is -0.465 e. The summed E-state index contributed by atoms with van der Waals surface area (Å²) in [5.41, 5.74) is 2.53. The maximum Gasteiger partial charge on any atom is 0.337 e. The van der Waals surface area contributed by atoms with Crippen molar-refractivity contribution in [1.82, 2.24) is 9.88 Å². The predicted octanol–water partition coefficient (Wildman–Crippen LogP) is 4.09. The zero-order valence-corrected chi connectivity index (χ0v) is 17.2. The van der Waals surface area contributed by atoms with E-state index in [1.54, 1.807) is 35.2 Å². The third-order valence-corrected chi connectivity index (χ3v) is 5.88. The molecule has 1 saturated heterocycles. The van der Waals surface area contributed by atoms with Gasteiger partial charge in [0.15, 0.2) is 0 Å². The van der Waals surface area contributed by atoms with Crippen molar-refractivity contribution in [3.8, 4) is 0 Å². The minimum absolute atomic E-state index is 0.136. The summed E-state index contributed by atoms with van der Waals surface area (Å²) in [6.07, 6.45) is 1.54. The lowest BCUT2D eigenvalue weighted by Gasteiger charge is -2.27. The number of amides is 1. The zero-order chi connectivity index (χ0) is 21.1. The van der Waals surface area contributed by atoms with Gasteiger partial charge in [0.05, 0.1) is 29.4 Å². The Morgan fingerprint density at radius 3 is 2.57 bits per heavy atom. The number of nitrogens with zero attached hydrogens (tertiary/aromatic N) is 2. The molecule has 0 saturated carbocycles. The van der Waals surface area contributed by atoms with E-state index in [-0.39, 0.29) is 5.91 Å². The number of rotatable bonds is 4. The Kier molecular flexibility index (Phi) is 5.85. The second-order valence-corrected chi connectivity index (χ2v) is 8.03. The van der Waals surface area contributed by atoms with Crippen LogP contribution in [0, 0.1) is 5.82 Å². The van der Waals surface area contributed by atoms with Crippen molar-refractivity contribution >= 4 is 45.9 Å². The largest absolute Gasteiger partial charge is 0.465 e. The molecule has 1 aliphatic heterocycles. The third kappa shape index (κ3) is 4.09. The molecule has 30 heavy (non-hydrogen) atoms. The van der Waals surface area contributed by atoms with E-state index < -0.39 is 11.8 Å². The van der Waals surface area contributed by atoms with Crippen molar-refractivity contribution in [2.45, 2.75) is 0 Å². The number of hydrogen-bond donors (Lipinski definition) is 1. The van der Waals surface area contributed by atoms with Gasteiger partial charge in [0.2, 0.25) is 0 Å². The Hall–Kier alpha value is -3.13. The molecule has 1 amide bonds. The summed E-state index contributed by atoms with van der Waals surface area (Å²) >= 11 is 1.82. The lowest BCUT2D eigenvalue weighted by molar-refractivity contribution is 0.0600. The average Bonchev–Trinajstić information content (AvgIpc) is 2.79. The van der Waals surface area contributed by atoms with E-state index in [2.05, 4.69) is 10.3 Å². The highest BCUT2D eigenvalue weighted by Gasteiger charge is 2.23. The smallest absolute Gasteiger partial charge is 0.337 e. The maximum absolute atomic E-state index is 14.0. The molecule has 1 N–H and O–H groups in total. The number of halogens is 1. The summed E-state index contributed by atoms with van der Waals surface area (Å²) in [5.74, 6) is 0.796. The van der Waals surface area contributed by atoms with Crippen LogP contribution in [0.1, 0.15) is 20.7 Å². The summed E-state index contributed by atoms with van der Waals surface area (Å²) < 4.78 is 18.7. The van der Waals surface area contributed by atoms with Gasteiger partial charge >= 0.3 is 5.97 Å². The normalized spacial score (nSPS) is 13.9. The van der Waals surface area contributed by atoms with Gasteiger partial charge < -0.3 is 15.0 Å². The molecule has 1 aliphatic rings. The second kappa shape index (κ2) is 8.71. The Balaban J connectivity index is 1.76. The number of benzene rings is 2. The molecule has 0 aliphatic carbocycles. The number of methoxy groups -OCH3 is 1. The molecule has 4 rings (SSSR count). The fourth-order valence-electron chi connectivity index (χ4n) is 3.35. The lowest BCUT2D eigenvalue weighted by Crippen LogP contribution is -2.38. The Labute approximate surface area is 177 Å². The minimum atomic E-state index is -0.434. The zero-order valence-electron chi connectivity index (χ0n) is 16.4. The second-order valence-electron chi connectivity index (χ2n) is 6.81. The van der Waals surface area contributed by atoms with Crippen LogP contribution in [0.4, 0.5) is 15.8 Å². The van der Waals surface area contributed by atoms with Gasteiger partial charge in [-0.15, -0.1) is 0 Å². The summed E-state index contributed by atoms with van der Waals surface area (Å²) in [7, 11) is 1.32. The quantitative estimate of drug-likeness (QED) is 0.635. The molecule has 3 aromatic rings. The number of pyridine rings is 1. The first-order chi connectivity index (χ1) is 14.6. The van der Waals surface area contributed by atoms with Crippen LogP contribution in [0.5, 0.6) is 0 Å². The third-order valence-electron chi connectivity index (χ3n) is 4.93. The molecular weight excluding hydrogens is 405 g/mol. The van der Waals surface area contributed by atoms with Gasteiger partial charge in [-0.2, -0.15) is 11.8 Å². The number of anilines is 2. The van der Waals surface area contributed by atoms with Gasteiger partial charge in [-0.3, -0.25) is 9.78 Å². The van der Waals surface area contributed by atoms with E-state index >= 15 is 0 Å². The van der Waals surface area contributed by atoms with E-state index in [9.17, 15) is 14.0 Å². The van der Waals surface area contributed by atoms with Crippen molar-refractivity contribution in [3.05, 3.63) is 65.6 Å². The highest BCUT2D eigenvalue weighted by Crippen LogP contribution is 2.31. The molecule has 0 spiro atoms. The molecule has 0 unspecified atom stereocenters. The van der Waals surface area contributed by atoms with Crippen LogP contribution in [0.2, 0.25) is 0 Å². The van der Waals surface area contributed by atoms with Crippen LogP contribution >= 0.6 is 11.8 Å². The van der Waals surface area contributed by atoms with E-state index in [0.29, 0.717) is 46.5 Å². The van der Waals surface area contributed by atoms with Crippen molar-refractivity contribution in [3.63, 3.8) is 0 Å². The first kappa shape index (κ1) is 20.2. The number of nitrogens with one attached hydrogen (secondary N) is 1. The van der Waals surface area contributed by atoms with Crippen molar-refractivity contribution in [2.75, 3.05) is 37.0 Å². The fourth-order valence-corrected chi connectivity index (χ4v) is 4.25. The average molecular weight is 425 g/mol. The van der Waals surface area contributed by atoms with Crippen LogP contribution in [-0.4, -0.2) is 53.5 Å². The Morgan fingerprint density at radius 1 is 1.13 bits per heavy atom. The predicted molar refractivity (Wildman–Crippen MR) is 116 cm³/mol. The molecular formula is C22H20FN3O3S. The number of fused-ring (bicyclic) bond motifs is 1. The molecule has 0 bridgehead atoms. The number of ether oxygens (including phenoxy) is 1. The molecule has 1 fully saturated rings. The molecule has 2 heterocycles. The van der Waals surface area contributed by atoms with Crippen LogP contribution in [0.25, 0.3) is 10.9 Å². The number of thioether (sulfide) groups is 1. The van der Waals surface area contributed by atoms with E-state index in [0.717, 1.165) is 11.5 Å². The highest BCUT2D eigenvalue weighted by atomic mass is 32.2. The van der Waals surface area contributed by atoms with Gasteiger partial charge in [0, 0.05) is 41.9 Å². The number of carbonyl (C=O) groups is 2. The number of esters is 1. The number of carbonyl (C=O) groups excluding carboxylic acids is 2. The van der Waals surface area contributed by atoms with Crippen molar-refractivity contribution < 1.29 is 18.7 Å². The molecule has 8 heteroatoms. The van der Waals surface area contributed by atoms with E-state index in [1.807, 2.05) is 11.8 Å². The Morgan fingerprint density at radius 2 is 1.87 bits per heavy atom. The summed E-state index contributed by atoms with van der Waals surface area (Å²) in [6.45, 7) is 1.33. The van der Waals surface area contributed by atoms with Crippen LogP contribution in [0.3, 0.4) is 0 Å². The van der Waals surface area contributed by atoms with Crippen molar-refractivity contribution in [1.29, 1.82) is 0 Å². The first-order valence-corrected chi connectivity index (χ1v) is 10.6. The van der Waals surface area contributed by atoms with E-state index in [1.165, 1.54) is 25.4 Å². The monoisotopic (exact) mass is 425 g/mol. The fraction of sp³-hybridized carbons (Fsp3) is 0.227. The first-order valence-electron chi connectivity index (χ1n) is 9.47. The molecule has 0 atom stereocenters. The van der Waals surface area contributed by atoms with Crippen molar-refractivity contribution in [2.24, 2.45) is 0 Å². The number of aromatic nitrogens is 1. The summed E-state index contributed by atoms with van der Waals surface area (Å²) in [6, 6.07) is 11.0. The summed E-state index contributed by atoms with van der Waals surface area (Å²) in [4.78, 5) is 31.0. The molecule has 2 aromatic carbocycles. The van der Waals surface area contributed by atoms with Gasteiger partial charge in [-0.25, -0.2) is 9.18 Å². The summed E-state index contributed by atoms with van der Waals surface area (Å²) in [5, 5.41) is 3.75.